The number of hydrogen-bond acceptors (Lipinski definition) is 4. The number of carbonyl (C=O) groups is 1. The molecule has 1 N–H and O–H groups in total. The van der Waals surface area contributed by atoms with Crippen molar-refractivity contribution in [3.8, 4) is 0 Å². The van der Waals surface area contributed by atoms with Crippen molar-refractivity contribution in [1.82, 2.24) is 4.57 Å². The fourth-order valence-electron chi connectivity index (χ4n) is 3.50. The number of sulfonamides is 1. The number of nitrogens with one attached hydrogen (secondary N) is 1. The van der Waals surface area contributed by atoms with Crippen LogP contribution in [0.4, 0.5) is 5.69 Å². The van der Waals surface area contributed by atoms with Gasteiger partial charge in [0.15, 0.2) is 4.80 Å². The van der Waals surface area contributed by atoms with Crippen LogP contribution in [0.25, 0.3) is 10.2 Å². The van der Waals surface area contributed by atoms with Crippen molar-refractivity contribution in [2.24, 2.45) is 12.0 Å². The van der Waals surface area contributed by atoms with Crippen LogP contribution in [0.1, 0.15) is 28.4 Å². The van der Waals surface area contributed by atoms with E-state index in [9.17, 15) is 13.2 Å². The first-order valence-corrected chi connectivity index (χ1v) is 12.4. The van der Waals surface area contributed by atoms with Gasteiger partial charge in [0.1, 0.15) is 0 Å². The third-order valence-corrected chi connectivity index (χ3v) is 7.70. The Labute approximate surface area is 190 Å². The monoisotopic (exact) mass is 465 g/mol. The zero-order valence-corrected chi connectivity index (χ0v) is 19.6. The molecular weight excluding hydrogens is 442 g/mol. The number of thiazole rings is 1. The van der Waals surface area contributed by atoms with E-state index in [0.29, 0.717) is 4.80 Å². The summed E-state index contributed by atoms with van der Waals surface area (Å²) in [6, 6.07) is 19.1. The molecule has 1 amide bonds. The van der Waals surface area contributed by atoms with Gasteiger partial charge < -0.3 is 4.57 Å². The number of benzene rings is 3. The first-order valence-electron chi connectivity index (χ1n) is 10.1. The molecule has 32 heavy (non-hydrogen) atoms. The molecule has 1 heterocycles. The molecule has 0 radical (unpaired) electrons. The lowest BCUT2D eigenvalue weighted by Crippen LogP contribution is -2.17. The minimum Gasteiger partial charge on any atom is -0.319 e. The summed E-state index contributed by atoms with van der Waals surface area (Å²) >= 11 is 1.43. The van der Waals surface area contributed by atoms with Crippen LogP contribution in [0.3, 0.4) is 0 Å². The van der Waals surface area contributed by atoms with Crippen molar-refractivity contribution in [2.45, 2.75) is 25.2 Å². The second-order valence-electron chi connectivity index (χ2n) is 7.44. The van der Waals surface area contributed by atoms with Crippen LogP contribution in [-0.4, -0.2) is 18.9 Å². The number of nitrogens with zero attached hydrogens (tertiary/aromatic N) is 2. The van der Waals surface area contributed by atoms with E-state index < -0.39 is 15.9 Å². The number of aromatic nitrogens is 1. The lowest BCUT2D eigenvalue weighted by molar-refractivity contribution is 0.0999. The molecule has 0 saturated carbocycles. The van der Waals surface area contributed by atoms with Crippen molar-refractivity contribution in [3.63, 3.8) is 0 Å². The smallest absolute Gasteiger partial charge is 0.281 e. The maximum Gasteiger partial charge on any atom is 0.281 e. The van der Waals surface area contributed by atoms with Crippen molar-refractivity contribution >= 4 is 43.2 Å². The van der Waals surface area contributed by atoms with Gasteiger partial charge in [0.2, 0.25) is 0 Å². The third kappa shape index (κ3) is 4.24. The summed E-state index contributed by atoms with van der Waals surface area (Å²) in [6.07, 6.45) is 0.874. The van der Waals surface area contributed by atoms with Crippen LogP contribution in [-0.2, 0) is 23.5 Å². The Morgan fingerprint density at radius 2 is 1.75 bits per heavy atom. The summed E-state index contributed by atoms with van der Waals surface area (Å²) in [5, 5.41) is 0. The number of rotatable bonds is 5. The molecule has 0 aliphatic rings. The van der Waals surface area contributed by atoms with Gasteiger partial charge in [-0.15, -0.1) is 0 Å². The Hall–Kier alpha value is -3.23. The first kappa shape index (κ1) is 22.0. The van der Waals surface area contributed by atoms with E-state index in [2.05, 4.69) is 22.7 Å². The highest BCUT2D eigenvalue weighted by Crippen LogP contribution is 2.23. The lowest BCUT2D eigenvalue weighted by Gasteiger charge is -2.11. The van der Waals surface area contributed by atoms with Crippen molar-refractivity contribution in [1.29, 1.82) is 0 Å². The number of hydrogen-bond donors (Lipinski definition) is 1. The molecule has 8 heteroatoms. The van der Waals surface area contributed by atoms with Gasteiger partial charge in [0, 0.05) is 7.05 Å². The number of fused-ring (bicyclic) bond motifs is 1. The van der Waals surface area contributed by atoms with Gasteiger partial charge in [-0.3, -0.25) is 9.52 Å². The average Bonchev–Trinajstić information content (AvgIpc) is 3.09. The maximum absolute atomic E-state index is 13.1. The Balaban J connectivity index is 1.73. The SMILES string of the molecule is CCc1cccc2sc(=NC(=O)c3ccccc3NS(=O)(=O)c3ccc(C)cc3)n(C)c12. The van der Waals surface area contributed by atoms with Gasteiger partial charge in [-0.05, 0) is 49.2 Å². The summed E-state index contributed by atoms with van der Waals surface area (Å²) in [4.78, 5) is 18.1. The van der Waals surface area contributed by atoms with Crippen LogP contribution in [0.5, 0.6) is 0 Å². The highest BCUT2D eigenvalue weighted by Gasteiger charge is 2.19. The second-order valence-corrected chi connectivity index (χ2v) is 10.1. The Morgan fingerprint density at radius 3 is 2.47 bits per heavy atom. The van der Waals surface area contributed by atoms with Gasteiger partial charge in [0.25, 0.3) is 15.9 Å². The number of aryl methyl sites for hydroxylation is 3. The van der Waals surface area contributed by atoms with Gasteiger partial charge in [0.05, 0.1) is 26.4 Å². The molecule has 164 valence electrons. The van der Waals surface area contributed by atoms with E-state index in [0.717, 1.165) is 22.2 Å². The third-order valence-electron chi connectivity index (χ3n) is 5.22. The molecule has 4 rings (SSSR count). The van der Waals surface area contributed by atoms with Crippen molar-refractivity contribution in [2.75, 3.05) is 4.72 Å². The summed E-state index contributed by atoms with van der Waals surface area (Å²) in [5.41, 5.74) is 3.58. The molecule has 0 bridgehead atoms. The molecule has 0 spiro atoms. The maximum atomic E-state index is 13.1. The Morgan fingerprint density at radius 1 is 1.03 bits per heavy atom. The number of anilines is 1. The quantitative estimate of drug-likeness (QED) is 0.466. The first-order chi connectivity index (χ1) is 15.3. The zero-order valence-electron chi connectivity index (χ0n) is 18.0. The van der Waals surface area contributed by atoms with Crippen LogP contribution < -0.4 is 9.52 Å². The van der Waals surface area contributed by atoms with E-state index in [4.69, 9.17) is 0 Å². The topological polar surface area (TPSA) is 80.5 Å². The minimum atomic E-state index is -3.84. The predicted molar refractivity (Wildman–Crippen MR) is 128 cm³/mol. The van der Waals surface area contributed by atoms with E-state index in [1.54, 1.807) is 36.4 Å². The highest BCUT2D eigenvalue weighted by molar-refractivity contribution is 7.92. The van der Waals surface area contributed by atoms with Gasteiger partial charge in [-0.1, -0.05) is 60.2 Å². The zero-order chi connectivity index (χ0) is 22.9. The largest absolute Gasteiger partial charge is 0.319 e. The summed E-state index contributed by atoms with van der Waals surface area (Å²) in [7, 11) is -1.96. The fourth-order valence-corrected chi connectivity index (χ4v) is 5.65. The van der Waals surface area contributed by atoms with E-state index in [1.165, 1.54) is 29.0 Å². The second kappa shape index (κ2) is 8.72. The number of amides is 1. The molecular formula is C24H23N3O3S2. The van der Waals surface area contributed by atoms with E-state index >= 15 is 0 Å². The lowest BCUT2D eigenvalue weighted by atomic mass is 10.1. The van der Waals surface area contributed by atoms with Crippen LogP contribution in [0.2, 0.25) is 0 Å². The van der Waals surface area contributed by atoms with Crippen LogP contribution >= 0.6 is 11.3 Å². The minimum absolute atomic E-state index is 0.130. The van der Waals surface area contributed by atoms with E-state index in [1.807, 2.05) is 30.7 Å². The summed E-state index contributed by atoms with van der Waals surface area (Å²) in [5.74, 6) is -0.507. The average molecular weight is 466 g/mol. The van der Waals surface area contributed by atoms with Crippen molar-refractivity contribution < 1.29 is 13.2 Å². The summed E-state index contributed by atoms with van der Waals surface area (Å²) in [6.45, 7) is 3.97. The molecule has 0 aliphatic heterocycles. The highest BCUT2D eigenvalue weighted by atomic mass is 32.2. The van der Waals surface area contributed by atoms with Crippen LogP contribution in [0, 0.1) is 6.92 Å². The van der Waals surface area contributed by atoms with Gasteiger partial charge in [-0.2, -0.15) is 4.99 Å². The van der Waals surface area contributed by atoms with Crippen molar-refractivity contribution in [3.05, 3.63) is 88.2 Å². The Kier molecular flexibility index (Phi) is 5.99. The van der Waals surface area contributed by atoms with Crippen LogP contribution in [0.15, 0.2) is 76.6 Å². The standard InChI is InChI=1S/C24H23N3O3S2/c1-4-17-8-7-11-21-22(17)27(3)24(31-21)25-23(28)19-9-5-6-10-20(19)26-32(29,30)18-14-12-16(2)13-15-18/h5-15,26H,4H2,1-3H3. The predicted octanol–water partition coefficient (Wildman–Crippen LogP) is 4.65. The molecule has 0 atom stereocenters. The molecule has 0 unspecified atom stereocenters. The normalized spacial score (nSPS) is 12.3. The van der Waals surface area contributed by atoms with Gasteiger partial charge in [-0.25, -0.2) is 8.42 Å². The Bertz CT molecular complexity index is 1480. The number of carbonyl (C=O) groups excluding carboxylic acids is 1. The molecule has 0 fully saturated rings. The summed E-state index contributed by atoms with van der Waals surface area (Å²) < 4.78 is 31.2. The molecule has 3 aromatic carbocycles. The number of para-hydroxylation sites is 2. The molecule has 0 saturated heterocycles. The van der Waals surface area contributed by atoms with E-state index in [-0.39, 0.29) is 16.1 Å². The van der Waals surface area contributed by atoms with Gasteiger partial charge >= 0.3 is 0 Å². The fraction of sp³-hybridized carbons (Fsp3) is 0.167. The molecule has 0 aliphatic carbocycles. The molecule has 1 aromatic heterocycles. The molecule has 6 nitrogen and oxygen atoms in total. The molecule has 4 aromatic rings.